The lowest BCUT2D eigenvalue weighted by Crippen LogP contribution is -2.29. The average Bonchev–Trinajstić information content (AvgIpc) is 3.26. The molecule has 6 nitrogen and oxygen atoms in total. The van der Waals surface area contributed by atoms with E-state index in [9.17, 15) is 4.79 Å². The number of aryl methyl sites for hydroxylation is 2. The molecule has 0 aliphatic rings. The summed E-state index contributed by atoms with van der Waals surface area (Å²) in [5, 5.41) is 2.93. The average molecular weight is 472 g/mol. The number of nitrogens with one attached hydrogen (secondary N) is 1. The molecule has 3 aromatic carbocycles. The Morgan fingerprint density at radius 1 is 0.771 bits per heavy atom. The van der Waals surface area contributed by atoms with Crippen LogP contribution in [-0.4, -0.2) is 35.2 Å². The molecule has 0 atom stereocenters. The minimum absolute atomic E-state index is 0.0437. The summed E-state index contributed by atoms with van der Waals surface area (Å²) in [6.45, 7) is 2.25. The molecule has 0 aliphatic heterocycles. The highest BCUT2D eigenvalue weighted by atomic mass is 16.5. The van der Waals surface area contributed by atoms with Crippen LogP contribution in [0.5, 0.6) is 11.5 Å². The first kappa shape index (κ1) is 24.3. The van der Waals surface area contributed by atoms with Crippen molar-refractivity contribution in [1.29, 1.82) is 0 Å². The first-order valence-corrected chi connectivity index (χ1v) is 12.4. The molecular weight excluding hydrogens is 438 g/mol. The third-order valence-corrected chi connectivity index (χ3v) is 5.78. The van der Waals surface area contributed by atoms with E-state index < -0.39 is 0 Å². The van der Waals surface area contributed by atoms with Crippen molar-refractivity contribution in [2.45, 2.75) is 38.6 Å². The summed E-state index contributed by atoms with van der Waals surface area (Å²) in [6, 6.07) is 27.6. The number of hydrogen-bond donors (Lipinski definition) is 1. The number of amides is 1. The zero-order valence-corrected chi connectivity index (χ0v) is 20.1. The molecule has 0 fully saturated rings. The van der Waals surface area contributed by atoms with Gasteiger partial charge in [-0.2, -0.15) is 0 Å². The molecule has 0 aliphatic carbocycles. The van der Waals surface area contributed by atoms with Crippen molar-refractivity contribution in [3.05, 3.63) is 90.8 Å². The van der Waals surface area contributed by atoms with Crippen LogP contribution in [0.1, 0.15) is 31.5 Å². The van der Waals surface area contributed by atoms with Crippen LogP contribution in [0.4, 0.5) is 0 Å². The van der Waals surface area contributed by atoms with Gasteiger partial charge in [0.15, 0.2) is 6.61 Å². The van der Waals surface area contributed by atoms with Crippen molar-refractivity contribution in [1.82, 2.24) is 14.9 Å². The summed E-state index contributed by atoms with van der Waals surface area (Å²) in [5.41, 5.74) is 2.21. The molecule has 1 heterocycles. The molecule has 0 bridgehead atoms. The van der Waals surface area contributed by atoms with E-state index in [-0.39, 0.29) is 12.5 Å². The molecule has 6 heteroatoms. The first-order valence-electron chi connectivity index (χ1n) is 12.4. The second-order valence-electron chi connectivity index (χ2n) is 8.45. The predicted molar refractivity (Wildman–Crippen MR) is 139 cm³/mol. The Kier molecular flexibility index (Phi) is 9.16. The Labute approximate surface area is 206 Å². The van der Waals surface area contributed by atoms with Gasteiger partial charge in [0.05, 0.1) is 17.6 Å². The van der Waals surface area contributed by atoms with Crippen molar-refractivity contribution in [2.24, 2.45) is 0 Å². The van der Waals surface area contributed by atoms with Gasteiger partial charge in [0.2, 0.25) is 0 Å². The van der Waals surface area contributed by atoms with Crippen molar-refractivity contribution in [3.63, 3.8) is 0 Å². The summed E-state index contributed by atoms with van der Waals surface area (Å²) in [7, 11) is 0. The van der Waals surface area contributed by atoms with Crippen molar-refractivity contribution < 1.29 is 14.3 Å². The van der Waals surface area contributed by atoms with Crippen LogP contribution >= 0.6 is 0 Å². The second kappa shape index (κ2) is 13.2. The lowest BCUT2D eigenvalue weighted by molar-refractivity contribution is -0.123. The normalized spacial score (nSPS) is 10.9. The van der Waals surface area contributed by atoms with Crippen LogP contribution in [0, 0.1) is 0 Å². The maximum Gasteiger partial charge on any atom is 0.257 e. The van der Waals surface area contributed by atoms with E-state index in [2.05, 4.69) is 28.1 Å². The lowest BCUT2D eigenvalue weighted by Gasteiger charge is -2.11. The van der Waals surface area contributed by atoms with Crippen LogP contribution in [0.15, 0.2) is 84.9 Å². The largest absolute Gasteiger partial charge is 0.494 e. The number of nitrogens with zero attached hydrogens (tertiary/aromatic N) is 2. The number of carbonyl (C=O) groups excluding carboxylic acids is 1. The summed E-state index contributed by atoms with van der Waals surface area (Å²) in [4.78, 5) is 16.9. The molecule has 1 aromatic heterocycles. The fraction of sp³-hybridized carbons (Fsp3) is 0.310. The van der Waals surface area contributed by atoms with Gasteiger partial charge in [0.1, 0.15) is 17.3 Å². The summed E-state index contributed by atoms with van der Waals surface area (Å²) in [5.74, 6) is 2.64. The van der Waals surface area contributed by atoms with Gasteiger partial charge in [0, 0.05) is 19.5 Å². The van der Waals surface area contributed by atoms with Gasteiger partial charge in [-0.25, -0.2) is 4.98 Å². The van der Waals surface area contributed by atoms with E-state index in [0.717, 1.165) is 55.7 Å². The molecule has 0 unspecified atom stereocenters. The molecule has 1 N–H and O–H groups in total. The molecule has 4 rings (SSSR count). The Balaban J connectivity index is 1.18. The molecular formula is C29H33N3O3. The fourth-order valence-corrected chi connectivity index (χ4v) is 4.02. The van der Waals surface area contributed by atoms with Crippen LogP contribution in [0.2, 0.25) is 0 Å². The smallest absolute Gasteiger partial charge is 0.257 e. The van der Waals surface area contributed by atoms with Gasteiger partial charge in [0.25, 0.3) is 5.91 Å². The molecule has 0 spiro atoms. The zero-order chi connectivity index (χ0) is 24.1. The number of imidazole rings is 1. The van der Waals surface area contributed by atoms with E-state index in [1.807, 2.05) is 66.7 Å². The highest BCUT2D eigenvalue weighted by Gasteiger charge is 2.10. The fourth-order valence-electron chi connectivity index (χ4n) is 4.02. The number of unbranched alkanes of at least 4 members (excludes halogenated alkanes) is 2. The van der Waals surface area contributed by atoms with Crippen LogP contribution in [0.3, 0.4) is 0 Å². The SMILES string of the molecule is O=C(COc1ccccc1)NCCCCCc1nc2ccccc2n1CCCOc1ccccc1. The molecule has 4 aromatic rings. The van der Waals surface area contributed by atoms with Crippen molar-refractivity contribution >= 4 is 16.9 Å². The number of carbonyl (C=O) groups is 1. The summed E-state index contributed by atoms with van der Waals surface area (Å²) in [6.07, 6.45) is 4.82. The number of fused-ring (bicyclic) bond motifs is 1. The Hall–Kier alpha value is -3.80. The van der Waals surface area contributed by atoms with Gasteiger partial charge in [-0.3, -0.25) is 4.79 Å². The number of rotatable bonds is 14. The topological polar surface area (TPSA) is 65.4 Å². The van der Waals surface area contributed by atoms with E-state index in [0.29, 0.717) is 18.9 Å². The minimum atomic E-state index is -0.0895. The monoisotopic (exact) mass is 471 g/mol. The zero-order valence-electron chi connectivity index (χ0n) is 20.1. The molecule has 182 valence electrons. The maximum absolute atomic E-state index is 12.0. The summed E-state index contributed by atoms with van der Waals surface area (Å²) >= 11 is 0. The summed E-state index contributed by atoms with van der Waals surface area (Å²) < 4.78 is 13.7. The van der Waals surface area contributed by atoms with Gasteiger partial charge >= 0.3 is 0 Å². The van der Waals surface area contributed by atoms with E-state index in [1.54, 1.807) is 0 Å². The second-order valence-corrected chi connectivity index (χ2v) is 8.45. The number of aromatic nitrogens is 2. The van der Waals surface area contributed by atoms with E-state index in [1.165, 1.54) is 5.52 Å². The van der Waals surface area contributed by atoms with Gasteiger partial charge in [-0.1, -0.05) is 55.0 Å². The third kappa shape index (κ3) is 7.60. The number of para-hydroxylation sites is 4. The molecule has 0 saturated carbocycles. The minimum Gasteiger partial charge on any atom is -0.494 e. The van der Waals surface area contributed by atoms with Gasteiger partial charge in [-0.15, -0.1) is 0 Å². The highest BCUT2D eigenvalue weighted by Crippen LogP contribution is 2.19. The Morgan fingerprint density at radius 3 is 2.23 bits per heavy atom. The van der Waals surface area contributed by atoms with E-state index in [4.69, 9.17) is 14.5 Å². The lowest BCUT2D eigenvalue weighted by atomic mass is 10.2. The Morgan fingerprint density at radius 2 is 1.46 bits per heavy atom. The van der Waals surface area contributed by atoms with E-state index >= 15 is 0 Å². The quantitative estimate of drug-likeness (QED) is 0.250. The van der Waals surface area contributed by atoms with Crippen molar-refractivity contribution in [3.8, 4) is 11.5 Å². The van der Waals surface area contributed by atoms with Gasteiger partial charge < -0.3 is 19.4 Å². The predicted octanol–water partition coefficient (Wildman–Crippen LogP) is 5.41. The number of ether oxygens (including phenoxy) is 2. The van der Waals surface area contributed by atoms with Crippen LogP contribution in [0.25, 0.3) is 11.0 Å². The Bertz CT molecular complexity index is 1180. The first-order chi connectivity index (χ1) is 17.3. The molecule has 1 amide bonds. The van der Waals surface area contributed by atoms with Crippen molar-refractivity contribution in [2.75, 3.05) is 19.8 Å². The molecule has 0 radical (unpaired) electrons. The van der Waals surface area contributed by atoms with Gasteiger partial charge in [-0.05, 0) is 55.7 Å². The van der Waals surface area contributed by atoms with Crippen LogP contribution in [-0.2, 0) is 17.8 Å². The maximum atomic E-state index is 12.0. The van der Waals surface area contributed by atoms with Crippen LogP contribution < -0.4 is 14.8 Å². The number of hydrogen-bond acceptors (Lipinski definition) is 4. The third-order valence-electron chi connectivity index (χ3n) is 5.78. The molecule has 35 heavy (non-hydrogen) atoms. The molecule has 0 saturated heterocycles. The number of benzene rings is 3. The standard InChI is InChI=1S/C29H33N3O3/c33-29(23-35-25-15-6-2-7-16-25)30-20-11-3-8-19-28-31-26-17-9-10-18-27(26)32(28)21-12-22-34-24-13-4-1-5-14-24/h1-2,4-7,9-10,13-18H,3,8,11-12,19-23H2,(H,30,33). The highest BCUT2D eigenvalue weighted by molar-refractivity contribution is 5.77.